The molecule has 1 aliphatic heterocycles. The van der Waals surface area contributed by atoms with Crippen molar-refractivity contribution in [3.63, 3.8) is 0 Å². The van der Waals surface area contributed by atoms with Gasteiger partial charge < -0.3 is 14.7 Å². The molecule has 5 heteroatoms. The molecule has 1 amide bonds. The van der Waals surface area contributed by atoms with Crippen molar-refractivity contribution in [1.29, 1.82) is 0 Å². The number of aryl methyl sites for hydroxylation is 1. The van der Waals surface area contributed by atoms with Crippen LogP contribution in [0.25, 0.3) is 0 Å². The molecular weight excluding hydrogens is 218 g/mol. The normalized spacial score (nSPS) is 19.4. The van der Waals surface area contributed by atoms with E-state index in [2.05, 4.69) is 17.4 Å². The van der Waals surface area contributed by atoms with Crippen molar-refractivity contribution in [2.24, 2.45) is 0 Å². The highest BCUT2D eigenvalue weighted by atomic mass is 16.5. The van der Waals surface area contributed by atoms with E-state index in [1.807, 2.05) is 18.9 Å². The Hall–Kier alpha value is -1.36. The van der Waals surface area contributed by atoms with Gasteiger partial charge in [-0.3, -0.25) is 4.79 Å². The van der Waals surface area contributed by atoms with E-state index in [1.54, 1.807) is 6.07 Å². The number of amides is 1. The van der Waals surface area contributed by atoms with E-state index in [9.17, 15) is 4.79 Å². The molecule has 0 atom stereocenters. The fourth-order valence-electron chi connectivity index (χ4n) is 2.07. The number of carbonyl (C=O) groups excluding carboxylic acids is 1. The topological polar surface area (TPSA) is 58.4 Å². The average Bonchev–Trinajstić information content (AvgIpc) is 2.76. The minimum atomic E-state index is -0.0521. The molecule has 0 saturated carbocycles. The van der Waals surface area contributed by atoms with Gasteiger partial charge in [0.25, 0.3) is 5.91 Å². The number of hydrogen-bond donors (Lipinski definition) is 1. The fourth-order valence-corrected chi connectivity index (χ4v) is 2.07. The van der Waals surface area contributed by atoms with E-state index >= 15 is 0 Å². The second-order valence-electron chi connectivity index (χ2n) is 4.94. The Labute approximate surface area is 101 Å². The van der Waals surface area contributed by atoms with Crippen LogP contribution in [0.15, 0.2) is 10.6 Å². The van der Waals surface area contributed by atoms with Gasteiger partial charge in [0.15, 0.2) is 0 Å². The van der Waals surface area contributed by atoms with Crippen LogP contribution in [0, 0.1) is 6.92 Å². The van der Waals surface area contributed by atoms with Gasteiger partial charge in [-0.25, -0.2) is 0 Å². The Balaban J connectivity index is 1.99. The van der Waals surface area contributed by atoms with Crippen molar-refractivity contribution in [3.8, 4) is 0 Å². The number of piperidine rings is 1. The highest BCUT2D eigenvalue weighted by Gasteiger charge is 2.31. The van der Waals surface area contributed by atoms with E-state index in [-0.39, 0.29) is 11.4 Å². The van der Waals surface area contributed by atoms with Gasteiger partial charge in [0, 0.05) is 24.7 Å². The Morgan fingerprint density at radius 2 is 2.18 bits per heavy atom. The maximum Gasteiger partial charge on any atom is 0.292 e. The van der Waals surface area contributed by atoms with E-state index < -0.39 is 0 Å². The van der Waals surface area contributed by atoms with E-state index in [0.29, 0.717) is 5.76 Å². The van der Waals surface area contributed by atoms with Gasteiger partial charge in [-0.15, -0.1) is 0 Å². The number of nitrogens with one attached hydrogen (secondary N) is 1. The van der Waals surface area contributed by atoms with Crippen molar-refractivity contribution in [1.82, 2.24) is 15.4 Å². The lowest BCUT2D eigenvalue weighted by molar-refractivity contribution is 0.0620. The maximum absolute atomic E-state index is 12.1. The van der Waals surface area contributed by atoms with Crippen molar-refractivity contribution in [2.75, 3.05) is 20.1 Å². The van der Waals surface area contributed by atoms with Gasteiger partial charge in [0.2, 0.25) is 5.76 Å². The highest BCUT2D eigenvalue weighted by Crippen LogP contribution is 2.22. The molecule has 1 saturated heterocycles. The molecule has 94 valence electrons. The van der Waals surface area contributed by atoms with Gasteiger partial charge >= 0.3 is 0 Å². The number of likely N-dealkylation sites (tertiary alicyclic amines) is 1. The van der Waals surface area contributed by atoms with Crippen molar-refractivity contribution >= 4 is 5.91 Å². The summed E-state index contributed by atoms with van der Waals surface area (Å²) >= 11 is 0. The lowest BCUT2D eigenvalue weighted by Crippen LogP contribution is -2.51. The monoisotopic (exact) mass is 237 g/mol. The summed E-state index contributed by atoms with van der Waals surface area (Å²) in [5, 5.41) is 7.05. The molecule has 0 aliphatic carbocycles. The van der Waals surface area contributed by atoms with Crippen molar-refractivity contribution in [3.05, 3.63) is 17.5 Å². The van der Waals surface area contributed by atoms with E-state index in [0.717, 1.165) is 31.6 Å². The molecule has 1 aromatic rings. The molecule has 0 bridgehead atoms. The quantitative estimate of drug-likeness (QED) is 0.839. The minimum Gasteiger partial charge on any atom is -0.351 e. The number of aromatic nitrogens is 1. The zero-order valence-corrected chi connectivity index (χ0v) is 10.6. The SMILES string of the molecule is CNC1(C)CCN(C(=O)c2cc(C)no2)CC1. The van der Waals surface area contributed by atoms with Crippen LogP contribution in [0.5, 0.6) is 0 Å². The third-order valence-corrected chi connectivity index (χ3v) is 3.60. The predicted molar refractivity (Wildman–Crippen MR) is 63.8 cm³/mol. The molecule has 0 unspecified atom stereocenters. The Bertz CT molecular complexity index is 406. The lowest BCUT2D eigenvalue weighted by Gasteiger charge is -2.38. The van der Waals surface area contributed by atoms with Gasteiger partial charge in [-0.2, -0.15) is 0 Å². The van der Waals surface area contributed by atoms with Crippen LogP contribution in [-0.2, 0) is 0 Å². The van der Waals surface area contributed by atoms with Crippen LogP contribution in [0.3, 0.4) is 0 Å². The number of hydrogen-bond acceptors (Lipinski definition) is 4. The summed E-state index contributed by atoms with van der Waals surface area (Å²) in [5.74, 6) is 0.291. The van der Waals surface area contributed by atoms with Gasteiger partial charge in [-0.05, 0) is 33.7 Å². The van der Waals surface area contributed by atoms with E-state index in [1.165, 1.54) is 0 Å². The zero-order valence-electron chi connectivity index (χ0n) is 10.6. The summed E-state index contributed by atoms with van der Waals surface area (Å²) in [5.41, 5.74) is 0.888. The summed E-state index contributed by atoms with van der Waals surface area (Å²) < 4.78 is 5.00. The smallest absolute Gasteiger partial charge is 0.292 e. The fraction of sp³-hybridized carbons (Fsp3) is 0.667. The first kappa shape index (κ1) is 12.1. The predicted octanol–water partition coefficient (Wildman–Crippen LogP) is 1.20. The molecule has 0 aromatic carbocycles. The van der Waals surface area contributed by atoms with Crippen LogP contribution in [0.4, 0.5) is 0 Å². The second kappa shape index (κ2) is 4.49. The molecule has 2 heterocycles. The van der Waals surface area contributed by atoms with Crippen LogP contribution in [0.1, 0.15) is 36.0 Å². The molecule has 0 radical (unpaired) electrons. The van der Waals surface area contributed by atoms with Crippen LogP contribution >= 0.6 is 0 Å². The van der Waals surface area contributed by atoms with Crippen molar-refractivity contribution < 1.29 is 9.32 Å². The summed E-state index contributed by atoms with van der Waals surface area (Å²) in [7, 11) is 1.97. The first-order valence-electron chi connectivity index (χ1n) is 5.95. The molecule has 5 nitrogen and oxygen atoms in total. The summed E-state index contributed by atoms with van der Waals surface area (Å²) in [4.78, 5) is 13.9. The third kappa shape index (κ3) is 2.49. The first-order valence-corrected chi connectivity index (χ1v) is 5.95. The lowest BCUT2D eigenvalue weighted by atomic mass is 9.90. The summed E-state index contributed by atoms with van der Waals surface area (Å²) in [6.45, 7) is 5.52. The number of rotatable bonds is 2. The summed E-state index contributed by atoms with van der Waals surface area (Å²) in [6.07, 6.45) is 1.92. The average molecular weight is 237 g/mol. The minimum absolute atomic E-state index is 0.0521. The molecule has 1 aliphatic rings. The number of nitrogens with zero attached hydrogens (tertiary/aromatic N) is 2. The summed E-state index contributed by atoms with van der Waals surface area (Å²) in [6, 6.07) is 1.69. The first-order chi connectivity index (χ1) is 8.04. The third-order valence-electron chi connectivity index (χ3n) is 3.60. The van der Waals surface area contributed by atoms with Crippen LogP contribution in [0.2, 0.25) is 0 Å². The highest BCUT2D eigenvalue weighted by molar-refractivity contribution is 5.91. The number of carbonyl (C=O) groups is 1. The van der Waals surface area contributed by atoms with Crippen molar-refractivity contribution in [2.45, 2.75) is 32.2 Å². The molecule has 1 fully saturated rings. The maximum atomic E-state index is 12.1. The van der Waals surface area contributed by atoms with Crippen LogP contribution < -0.4 is 5.32 Å². The van der Waals surface area contributed by atoms with Gasteiger partial charge in [0.05, 0.1) is 5.69 Å². The Kier molecular flexibility index (Phi) is 3.19. The largest absolute Gasteiger partial charge is 0.351 e. The van der Waals surface area contributed by atoms with Gasteiger partial charge in [-0.1, -0.05) is 5.16 Å². The molecule has 1 N–H and O–H groups in total. The van der Waals surface area contributed by atoms with Gasteiger partial charge in [0.1, 0.15) is 0 Å². The van der Waals surface area contributed by atoms with Crippen LogP contribution in [-0.4, -0.2) is 41.6 Å². The Morgan fingerprint density at radius 3 is 2.65 bits per heavy atom. The molecule has 0 spiro atoms. The molecule has 2 rings (SSSR count). The Morgan fingerprint density at radius 1 is 1.53 bits per heavy atom. The van der Waals surface area contributed by atoms with E-state index in [4.69, 9.17) is 4.52 Å². The zero-order chi connectivity index (χ0) is 12.5. The molecule has 17 heavy (non-hydrogen) atoms. The standard InChI is InChI=1S/C12H19N3O2/c1-9-8-10(17-14-9)11(16)15-6-4-12(2,13-3)5-7-15/h8,13H,4-7H2,1-3H3. The second-order valence-corrected chi connectivity index (χ2v) is 4.94. The molecular formula is C12H19N3O2. The molecule has 1 aromatic heterocycles.